The Morgan fingerprint density at radius 2 is 2.22 bits per heavy atom. The lowest BCUT2D eigenvalue weighted by Crippen LogP contribution is -2.44. The standard InChI is InChI=1S/C14H22N6O3/c1-15-11-7-12(19-9-18-11)20-6-2-3-10(20)8-17-14(23)16-5-4-13(21)22/h7,9-10H,2-6,8H2,1H3,(H,21,22)(H,15,18,19)(H2,16,17,23). The normalized spacial score (nSPS) is 16.9. The first-order valence-corrected chi connectivity index (χ1v) is 7.60. The highest BCUT2D eigenvalue weighted by molar-refractivity contribution is 5.75. The van der Waals surface area contributed by atoms with Crippen molar-refractivity contribution in [2.45, 2.75) is 25.3 Å². The molecule has 1 unspecified atom stereocenters. The highest BCUT2D eigenvalue weighted by atomic mass is 16.4. The summed E-state index contributed by atoms with van der Waals surface area (Å²) in [5.41, 5.74) is 0. The first-order chi connectivity index (χ1) is 11.1. The largest absolute Gasteiger partial charge is 0.481 e. The number of nitrogens with one attached hydrogen (secondary N) is 3. The quantitative estimate of drug-likeness (QED) is 0.568. The summed E-state index contributed by atoms with van der Waals surface area (Å²) in [5.74, 6) is 0.649. The van der Waals surface area contributed by atoms with E-state index < -0.39 is 5.97 Å². The van der Waals surface area contributed by atoms with E-state index in [1.807, 2.05) is 6.07 Å². The summed E-state index contributed by atoms with van der Waals surface area (Å²) in [6.45, 7) is 1.48. The molecule has 2 heterocycles. The van der Waals surface area contributed by atoms with Gasteiger partial charge >= 0.3 is 12.0 Å². The van der Waals surface area contributed by atoms with E-state index in [-0.39, 0.29) is 25.0 Å². The Kier molecular flexibility index (Phi) is 5.95. The zero-order chi connectivity index (χ0) is 16.7. The second kappa shape index (κ2) is 8.16. The van der Waals surface area contributed by atoms with Crippen LogP contribution in [-0.4, -0.2) is 59.8 Å². The van der Waals surface area contributed by atoms with Crippen LogP contribution in [0.15, 0.2) is 12.4 Å². The molecule has 1 aromatic rings. The van der Waals surface area contributed by atoms with Crippen LogP contribution in [0.5, 0.6) is 0 Å². The lowest BCUT2D eigenvalue weighted by atomic mass is 10.2. The Bertz CT molecular complexity index is 553. The Hall–Kier alpha value is -2.58. The fourth-order valence-corrected chi connectivity index (χ4v) is 2.55. The highest BCUT2D eigenvalue weighted by Gasteiger charge is 2.26. The van der Waals surface area contributed by atoms with E-state index in [4.69, 9.17) is 5.11 Å². The maximum Gasteiger partial charge on any atom is 0.314 e. The lowest BCUT2D eigenvalue weighted by molar-refractivity contribution is -0.136. The molecular formula is C14H22N6O3. The lowest BCUT2D eigenvalue weighted by Gasteiger charge is -2.26. The van der Waals surface area contributed by atoms with Gasteiger partial charge in [0.05, 0.1) is 6.42 Å². The van der Waals surface area contributed by atoms with E-state index in [2.05, 4.69) is 30.8 Å². The fourth-order valence-electron chi connectivity index (χ4n) is 2.55. The number of anilines is 2. The molecule has 23 heavy (non-hydrogen) atoms. The predicted octanol–water partition coefficient (Wildman–Crippen LogP) is 0.261. The highest BCUT2D eigenvalue weighted by Crippen LogP contribution is 2.24. The summed E-state index contributed by atoms with van der Waals surface area (Å²) < 4.78 is 0. The Labute approximate surface area is 134 Å². The van der Waals surface area contributed by atoms with Crippen molar-refractivity contribution in [2.75, 3.05) is 36.9 Å². The van der Waals surface area contributed by atoms with Gasteiger partial charge in [0, 0.05) is 38.8 Å². The average molecular weight is 322 g/mol. The monoisotopic (exact) mass is 322 g/mol. The van der Waals surface area contributed by atoms with Crippen LogP contribution >= 0.6 is 0 Å². The number of aromatic nitrogens is 2. The van der Waals surface area contributed by atoms with Crippen LogP contribution in [0.4, 0.5) is 16.4 Å². The Morgan fingerprint density at radius 1 is 1.39 bits per heavy atom. The van der Waals surface area contributed by atoms with Crippen molar-refractivity contribution >= 4 is 23.6 Å². The molecule has 1 aliphatic heterocycles. The van der Waals surface area contributed by atoms with E-state index in [0.29, 0.717) is 6.54 Å². The third-order valence-corrected chi connectivity index (χ3v) is 3.70. The molecule has 9 nitrogen and oxygen atoms in total. The number of aliphatic carboxylic acids is 1. The molecule has 2 amide bonds. The number of urea groups is 1. The van der Waals surface area contributed by atoms with Crippen LogP contribution in [0.25, 0.3) is 0 Å². The van der Waals surface area contributed by atoms with Crippen molar-refractivity contribution < 1.29 is 14.7 Å². The molecule has 0 aliphatic carbocycles. The van der Waals surface area contributed by atoms with E-state index in [9.17, 15) is 9.59 Å². The fraction of sp³-hybridized carbons (Fsp3) is 0.571. The molecule has 126 valence electrons. The Morgan fingerprint density at radius 3 is 2.96 bits per heavy atom. The molecule has 0 aromatic carbocycles. The molecule has 1 fully saturated rings. The first kappa shape index (κ1) is 16.8. The van der Waals surface area contributed by atoms with E-state index in [1.54, 1.807) is 7.05 Å². The van der Waals surface area contributed by atoms with Gasteiger partial charge in [-0.15, -0.1) is 0 Å². The number of rotatable bonds is 7. The minimum atomic E-state index is -0.934. The molecule has 2 rings (SSSR count). The molecule has 9 heteroatoms. The van der Waals surface area contributed by atoms with Gasteiger partial charge in [-0.2, -0.15) is 0 Å². The summed E-state index contributed by atoms with van der Waals surface area (Å²) in [5, 5.41) is 16.8. The summed E-state index contributed by atoms with van der Waals surface area (Å²) in [6.07, 6.45) is 3.43. The van der Waals surface area contributed by atoms with Crippen molar-refractivity contribution in [2.24, 2.45) is 0 Å². The van der Waals surface area contributed by atoms with Crippen LogP contribution in [0.3, 0.4) is 0 Å². The van der Waals surface area contributed by atoms with Gasteiger partial charge in [-0.25, -0.2) is 14.8 Å². The smallest absolute Gasteiger partial charge is 0.314 e. The van der Waals surface area contributed by atoms with Gasteiger partial charge in [0.25, 0.3) is 0 Å². The van der Waals surface area contributed by atoms with Crippen LogP contribution < -0.4 is 20.9 Å². The van der Waals surface area contributed by atoms with Crippen LogP contribution in [0.2, 0.25) is 0 Å². The predicted molar refractivity (Wildman–Crippen MR) is 85.6 cm³/mol. The van der Waals surface area contributed by atoms with Crippen LogP contribution in [0.1, 0.15) is 19.3 Å². The summed E-state index contributed by atoms with van der Waals surface area (Å²) in [7, 11) is 1.80. The molecule has 1 aliphatic rings. The maximum absolute atomic E-state index is 11.7. The van der Waals surface area contributed by atoms with Crippen molar-refractivity contribution in [1.29, 1.82) is 0 Å². The molecular weight excluding hydrogens is 300 g/mol. The summed E-state index contributed by atoms with van der Waals surface area (Å²) in [4.78, 5) is 32.6. The third-order valence-electron chi connectivity index (χ3n) is 3.70. The van der Waals surface area contributed by atoms with Crippen molar-refractivity contribution in [1.82, 2.24) is 20.6 Å². The number of amides is 2. The molecule has 1 saturated heterocycles. The third kappa shape index (κ3) is 4.97. The number of hydrogen-bond acceptors (Lipinski definition) is 6. The minimum absolute atomic E-state index is 0.0866. The number of carboxylic acids is 1. The first-order valence-electron chi connectivity index (χ1n) is 7.60. The molecule has 0 bridgehead atoms. The van der Waals surface area contributed by atoms with Gasteiger partial charge in [0.2, 0.25) is 0 Å². The van der Waals surface area contributed by atoms with Gasteiger partial charge in [-0.3, -0.25) is 4.79 Å². The van der Waals surface area contributed by atoms with Crippen LogP contribution in [0, 0.1) is 0 Å². The zero-order valence-corrected chi connectivity index (χ0v) is 13.1. The number of carbonyl (C=O) groups excluding carboxylic acids is 1. The molecule has 0 radical (unpaired) electrons. The number of carbonyl (C=O) groups is 2. The summed E-state index contributed by atoms with van der Waals surface area (Å²) in [6, 6.07) is 1.70. The van der Waals surface area contributed by atoms with E-state index in [0.717, 1.165) is 31.0 Å². The number of carboxylic acid groups (broad SMARTS) is 1. The molecule has 0 saturated carbocycles. The SMILES string of the molecule is CNc1cc(N2CCCC2CNC(=O)NCCC(=O)O)ncn1. The molecule has 4 N–H and O–H groups in total. The van der Waals surface area contributed by atoms with Gasteiger partial charge in [0.1, 0.15) is 18.0 Å². The van der Waals surface area contributed by atoms with Gasteiger partial charge in [-0.05, 0) is 12.8 Å². The molecule has 1 aromatic heterocycles. The average Bonchev–Trinajstić information content (AvgIpc) is 3.01. The molecule has 1 atom stereocenters. The topological polar surface area (TPSA) is 119 Å². The second-order valence-corrected chi connectivity index (χ2v) is 5.28. The number of nitrogens with zero attached hydrogens (tertiary/aromatic N) is 3. The van der Waals surface area contributed by atoms with E-state index >= 15 is 0 Å². The zero-order valence-electron chi connectivity index (χ0n) is 13.1. The van der Waals surface area contributed by atoms with Gasteiger partial charge in [-0.1, -0.05) is 0 Å². The van der Waals surface area contributed by atoms with E-state index in [1.165, 1.54) is 6.33 Å². The van der Waals surface area contributed by atoms with Gasteiger partial charge < -0.3 is 26.0 Å². The van der Waals surface area contributed by atoms with Crippen molar-refractivity contribution in [3.05, 3.63) is 12.4 Å². The van der Waals surface area contributed by atoms with Crippen molar-refractivity contribution in [3.63, 3.8) is 0 Å². The molecule has 0 spiro atoms. The minimum Gasteiger partial charge on any atom is -0.481 e. The van der Waals surface area contributed by atoms with Crippen LogP contribution in [-0.2, 0) is 4.79 Å². The number of hydrogen-bond donors (Lipinski definition) is 4. The second-order valence-electron chi connectivity index (χ2n) is 5.28. The maximum atomic E-state index is 11.7. The van der Waals surface area contributed by atoms with Gasteiger partial charge in [0.15, 0.2) is 0 Å². The summed E-state index contributed by atoms with van der Waals surface area (Å²) >= 11 is 0. The van der Waals surface area contributed by atoms with Crippen molar-refractivity contribution in [3.8, 4) is 0 Å². The Balaban J connectivity index is 1.84.